The Morgan fingerprint density at radius 3 is 2.40 bits per heavy atom. The van der Waals surface area contributed by atoms with Gasteiger partial charge in [-0.05, 0) is 57.1 Å². The van der Waals surface area contributed by atoms with Crippen molar-refractivity contribution in [2.75, 3.05) is 50.8 Å². The van der Waals surface area contributed by atoms with Crippen LogP contribution < -0.4 is 15.5 Å². The summed E-state index contributed by atoms with van der Waals surface area (Å²) in [7, 11) is 0. The summed E-state index contributed by atoms with van der Waals surface area (Å²) in [5.41, 5.74) is -0.0313. The maximum absolute atomic E-state index is 14.3. The van der Waals surface area contributed by atoms with Crippen LogP contribution in [0.1, 0.15) is 46.0 Å². The Labute approximate surface area is 252 Å². The zero-order valence-corrected chi connectivity index (χ0v) is 25.0. The standard InChI is InChI=1S/C32H41N5O6/c1-3-22-23-11-12-24-25(29(40)36(27(24)38)21-7-5-4-6-8-21)26(23)32(2,30(41)34-19-20-9-10-20)37(28(22)39)31(42)33-13-14-35-15-17-43-18-16-35/h4-8,20,24-26H,3,9-19H2,1-2H3,(H,33,42)(H,34,41)/t24-,25-,26+,32+/m1/s1. The molecule has 2 aliphatic carbocycles. The number of morpholine rings is 1. The van der Waals surface area contributed by atoms with Crippen LogP contribution in [0.15, 0.2) is 41.5 Å². The fourth-order valence-corrected chi connectivity index (χ4v) is 7.48. The number of hydrogen-bond donors (Lipinski definition) is 2. The summed E-state index contributed by atoms with van der Waals surface area (Å²) in [4.78, 5) is 74.8. The highest BCUT2D eigenvalue weighted by Crippen LogP contribution is 2.54. The largest absolute Gasteiger partial charge is 0.379 e. The maximum Gasteiger partial charge on any atom is 0.325 e. The smallest absolute Gasteiger partial charge is 0.325 e. The Kier molecular flexibility index (Phi) is 8.12. The van der Waals surface area contributed by atoms with Crippen molar-refractivity contribution in [2.45, 2.75) is 51.5 Å². The molecule has 2 saturated heterocycles. The molecule has 230 valence electrons. The van der Waals surface area contributed by atoms with E-state index in [1.165, 1.54) is 4.90 Å². The maximum atomic E-state index is 14.3. The number of anilines is 1. The highest BCUT2D eigenvalue weighted by atomic mass is 16.5. The number of carbonyl (C=O) groups excluding carboxylic acids is 5. The Morgan fingerprint density at radius 2 is 1.72 bits per heavy atom. The van der Waals surface area contributed by atoms with Gasteiger partial charge in [0.2, 0.25) is 17.7 Å². The average molecular weight is 592 g/mol. The van der Waals surface area contributed by atoms with Crippen LogP contribution in [0.3, 0.4) is 0 Å². The predicted octanol–water partition coefficient (Wildman–Crippen LogP) is 2.08. The van der Waals surface area contributed by atoms with Crippen molar-refractivity contribution in [3.8, 4) is 0 Å². The molecule has 43 heavy (non-hydrogen) atoms. The summed E-state index contributed by atoms with van der Waals surface area (Å²) in [5, 5.41) is 5.91. The van der Waals surface area contributed by atoms with Crippen molar-refractivity contribution >= 4 is 35.3 Å². The lowest BCUT2D eigenvalue weighted by atomic mass is 9.59. The Morgan fingerprint density at radius 1 is 1.00 bits per heavy atom. The summed E-state index contributed by atoms with van der Waals surface area (Å²) in [6.45, 7) is 7.54. The van der Waals surface area contributed by atoms with E-state index in [0.717, 1.165) is 36.4 Å². The molecule has 4 atom stereocenters. The normalized spacial score (nSPS) is 29.4. The Bertz CT molecular complexity index is 1340. The van der Waals surface area contributed by atoms with Crippen molar-refractivity contribution in [3.63, 3.8) is 0 Å². The van der Waals surface area contributed by atoms with Crippen molar-refractivity contribution < 1.29 is 28.7 Å². The molecule has 3 aliphatic heterocycles. The zero-order valence-electron chi connectivity index (χ0n) is 25.0. The number of amides is 6. The van der Waals surface area contributed by atoms with Crippen LogP contribution in [-0.4, -0.2) is 90.9 Å². The molecule has 0 bridgehead atoms. The third-order valence-corrected chi connectivity index (χ3v) is 9.94. The van der Waals surface area contributed by atoms with Gasteiger partial charge in [-0.3, -0.25) is 29.0 Å². The van der Waals surface area contributed by atoms with Gasteiger partial charge in [-0.1, -0.05) is 30.7 Å². The summed E-state index contributed by atoms with van der Waals surface area (Å²) >= 11 is 0. The molecule has 0 spiro atoms. The van der Waals surface area contributed by atoms with Gasteiger partial charge in [0, 0.05) is 44.2 Å². The van der Waals surface area contributed by atoms with Crippen molar-refractivity contribution in [3.05, 3.63) is 41.5 Å². The van der Waals surface area contributed by atoms with Crippen LogP contribution in [0, 0.1) is 23.7 Å². The van der Waals surface area contributed by atoms with Gasteiger partial charge >= 0.3 is 6.03 Å². The Hall–Kier alpha value is -3.57. The van der Waals surface area contributed by atoms with Gasteiger partial charge in [0.05, 0.1) is 30.7 Å². The second-order valence-electron chi connectivity index (χ2n) is 12.5. The van der Waals surface area contributed by atoms with Crippen molar-refractivity contribution in [1.82, 2.24) is 20.4 Å². The van der Waals surface area contributed by atoms with Crippen LogP contribution in [0.5, 0.6) is 0 Å². The topological polar surface area (TPSA) is 128 Å². The van der Waals surface area contributed by atoms with Crippen LogP contribution >= 0.6 is 0 Å². The van der Waals surface area contributed by atoms with E-state index in [1.807, 2.05) is 13.0 Å². The third kappa shape index (κ3) is 5.16. The number of carbonyl (C=O) groups is 5. The summed E-state index contributed by atoms with van der Waals surface area (Å²) < 4.78 is 5.41. The number of benzene rings is 1. The quantitative estimate of drug-likeness (QED) is 0.443. The number of urea groups is 1. The monoisotopic (exact) mass is 591 g/mol. The first kappa shape index (κ1) is 29.5. The minimum atomic E-state index is -1.70. The molecule has 2 N–H and O–H groups in total. The van der Waals surface area contributed by atoms with Gasteiger partial charge < -0.3 is 15.4 Å². The minimum absolute atomic E-state index is 0.288. The van der Waals surface area contributed by atoms with E-state index in [0.29, 0.717) is 62.7 Å². The number of fused-ring (bicyclic) bond motifs is 3. The first-order valence-corrected chi connectivity index (χ1v) is 15.6. The number of nitrogens with zero attached hydrogens (tertiary/aromatic N) is 3. The number of rotatable bonds is 8. The minimum Gasteiger partial charge on any atom is -0.379 e. The number of para-hydroxylation sites is 1. The van der Waals surface area contributed by atoms with E-state index in [1.54, 1.807) is 31.2 Å². The van der Waals surface area contributed by atoms with Crippen LogP contribution in [-0.2, 0) is 23.9 Å². The number of hydrogen-bond acceptors (Lipinski definition) is 7. The van der Waals surface area contributed by atoms with Crippen molar-refractivity contribution in [1.29, 1.82) is 0 Å². The third-order valence-electron chi connectivity index (χ3n) is 9.94. The molecule has 11 nitrogen and oxygen atoms in total. The molecule has 1 aromatic rings. The van der Waals surface area contributed by atoms with Crippen LogP contribution in [0.25, 0.3) is 0 Å². The van der Waals surface area contributed by atoms with E-state index >= 15 is 0 Å². The predicted molar refractivity (Wildman–Crippen MR) is 158 cm³/mol. The fourth-order valence-electron chi connectivity index (χ4n) is 7.48. The lowest BCUT2D eigenvalue weighted by Gasteiger charge is -2.52. The molecular weight excluding hydrogens is 550 g/mol. The van der Waals surface area contributed by atoms with Gasteiger partial charge in [-0.25, -0.2) is 9.69 Å². The molecule has 6 amide bonds. The van der Waals surface area contributed by atoms with E-state index in [4.69, 9.17) is 4.74 Å². The molecular formula is C32H41N5O6. The summed E-state index contributed by atoms with van der Waals surface area (Å²) in [6.07, 6.45) is 3.21. The lowest BCUT2D eigenvalue weighted by molar-refractivity contribution is -0.149. The highest BCUT2D eigenvalue weighted by molar-refractivity contribution is 6.23. The Balaban J connectivity index is 1.38. The SMILES string of the molecule is CCC1=C2CC[C@H]3C(=O)N(c4ccccc4)C(=O)[C@H]3[C@H]2[C@@](C)(C(=O)NCC2CC2)N(C(=O)NCCN2CCOCC2)C1=O. The molecule has 6 rings (SSSR count). The van der Waals surface area contributed by atoms with E-state index in [2.05, 4.69) is 15.5 Å². The molecule has 11 heteroatoms. The highest BCUT2D eigenvalue weighted by Gasteiger charge is 2.66. The fraction of sp³-hybridized carbons (Fsp3) is 0.594. The van der Waals surface area contributed by atoms with E-state index in [-0.39, 0.29) is 18.4 Å². The van der Waals surface area contributed by atoms with Gasteiger partial charge in [0.25, 0.3) is 5.91 Å². The first-order chi connectivity index (χ1) is 20.8. The summed E-state index contributed by atoms with van der Waals surface area (Å²) in [6, 6.07) is 8.15. The molecule has 0 aromatic heterocycles. The van der Waals surface area contributed by atoms with Crippen molar-refractivity contribution in [2.24, 2.45) is 23.7 Å². The van der Waals surface area contributed by atoms with Gasteiger partial charge in [0.1, 0.15) is 5.54 Å². The molecule has 2 saturated carbocycles. The molecule has 3 heterocycles. The van der Waals surface area contributed by atoms with Gasteiger partial charge in [-0.15, -0.1) is 0 Å². The van der Waals surface area contributed by atoms with Gasteiger partial charge in [0.15, 0.2) is 0 Å². The zero-order chi connectivity index (χ0) is 30.3. The lowest BCUT2D eigenvalue weighted by Crippen LogP contribution is -2.71. The molecule has 1 aromatic carbocycles. The summed E-state index contributed by atoms with van der Waals surface area (Å²) in [5.74, 6) is -3.61. The van der Waals surface area contributed by atoms with Crippen LogP contribution in [0.2, 0.25) is 0 Å². The number of ether oxygens (including phenoxy) is 1. The second-order valence-corrected chi connectivity index (χ2v) is 12.5. The molecule has 0 unspecified atom stereocenters. The first-order valence-electron chi connectivity index (χ1n) is 15.6. The average Bonchev–Trinajstić information content (AvgIpc) is 3.81. The number of nitrogens with one attached hydrogen (secondary N) is 2. The van der Waals surface area contributed by atoms with E-state index < -0.39 is 41.1 Å². The van der Waals surface area contributed by atoms with E-state index in [9.17, 15) is 24.0 Å². The molecule has 5 aliphatic rings. The second kappa shape index (κ2) is 11.8. The number of imide groups is 2. The van der Waals surface area contributed by atoms with Crippen LogP contribution in [0.4, 0.5) is 10.5 Å². The molecule has 4 fully saturated rings. The molecule has 0 radical (unpaired) electrons. The van der Waals surface area contributed by atoms with Gasteiger partial charge in [-0.2, -0.15) is 0 Å².